The molecule has 3 heterocycles. The van der Waals surface area contributed by atoms with Gasteiger partial charge in [0.1, 0.15) is 5.76 Å². The van der Waals surface area contributed by atoms with E-state index in [4.69, 9.17) is 23.7 Å². The Hall–Kier alpha value is -2.82. The summed E-state index contributed by atoms with van der Waals surface area (Å²) in [5, 5.41) is 22.7. The van der Waals surface area contributed by atoms with Crippen LogP contribution in [0.2, 0.25) is 0 Å². The number of carbonyl (C=O) groups is 2. The standard InChI is InChI=1S/C28H37NO9/c1-16(2)6-8-28(33,13-23(31)35-4)26(32)38-25-22(34-3)12-27-7-5-9-29(27)14-19(30)17-10-20-21(37-15-36-20)11-18(17)24(25)27/h10-12,16,19,24-25,30,33H,5-9,13-15H2,1-4H3/t19-,24+,25+,27+,28-/m0/s1. The maximum absolute atomic E-state index is 13.7. The Morgan fingerprint density at radius 1 is 1.21 bits per heavy atom. The van der Waals surface area contributed by atoms with Crippen LogP contribution in [0.15, 0.2) is 24.0 Å². The van der Waals surface area contributed by atoms with Crippen LogP contribution < -0.4 is 9.47 Å². The fraction of sp³-hybridized carbons (Fsp3) is 0.643. The number of nitrogens with zero attached hydrogens (tertiary/aromatic N) is 1. The van der Waals surface area contributed by atoms with E-state index in [9.17, 15) is 19.8 Å². The number of fused-ring (bicyclic) bond motifs is 3. The number of hydrogen-bond acceptors (Lipinski definition) is 10. The van der Waals surface area contributed by atoms with Gasteiger partial charge in [-0.1, -0.05) is 13.8 Å². The number of carbonyl (C=O) groups excluding carboxylic acids is 2. The van der Waals surface area contributed by atoms with Gasteiger partial charge in [-0.25, -0.2) is 4.79 Å². The molecule has 0 bridgehead atoms. The number of rotatable bonds is 8. The number of aliphatic hydroxyl groups is 2. The van der Waals surface area contributed by atoms with Crippen molar-refractivity contribution in [3.63, 3.8) is 0 Å². The highest BCUT2D eigenvalue weighted by atomic mass is 16.7. The third-order valence-corrected chi connectivity index (χ3v) is 8.42. The van der Waals surface area contributed by atoms with Crippen LogP contribution in [0.5, 0.6) is 11.5 Å². The van der Waals surface area contributed by atoms with Gasteiger partial charge in [-0.15, -0.1) is 0 Å². The normalized spacial score (nSPS) is 29.0. The second kappa shape index (κ2) is 10.1. The highest BCUT2D eigenvalue weighted by Crippen LogP contribution is 2.57. The average molecular weight is 532 g/mol. The van der Waals surface area contributed by atoms with E-state index in [0.717, 1.165) is 24.9 Å². The summed E-state index contributed by atoms with van der Waals surface area (Å²) < 4.78 is 27.9. The minimum atomic E-state index is -2.05. The lowest BCUT2D eigenvalue weighted by atomic mass is 9.77. The van der Waals surface area contributed by atoms with Gasteiger partial charge in [-0.2, -0.15) is 0 Å². The molecule has 0 unspecified atom stereocenters. The van der Waals surface area contributed by atoms with Crippen LogP contribution in [0.3, 0.4) is 0 Å². The van der Waals surface area contributed by atoms with Crippen molar-refractivity contribution < 1.29 is 43.5 Å². The van der Waals surface area contributed by atoms with Gasteiger partial charge < -0.3 is 33.9 Å². The Balaban J connectivity index is 1.56. The summed E-state index contributed by atoms with van der Waals surface area (Å²) in [6.07, 6.45) is 2.06. The zero-order chi connectivity index (χ0) is 27.2. The molecule has 0 amide bonds. The molecule has 5 rings (SSSR count). The summed E-state index contributed by atoms with van der Waals surface area (Å²) >= 11 is 0. The van der Waals surface area contributed by atoms with Crippen molar-refractivity contribution in [3.05, 3.63) is 35.1 Å². The fourth-order valence-electron chi connectivity index (χ4n) is 6.44. The number of methoxy groups -OCH3 is 2. The van der Waals surface area contributed by atoms with Gasteiger partial charge in [0.15, 0.2) is 23.2 Å². The summed E-state index contributed by atoms with van der Waals surface area (Å²) in [5.41, 5.74) is -1.15. The molecular formula is C28H37NO9. The van der Waals surface area contributed by atoms with Crippen molar-refractivity contribution in [2.75, 3.05) is 34.1 Å². The molecule has 38 heavy (non-hydrogen) atoms. The van der Waals surface area contributed by atoms with Crippen LogP contribution in [-0.4, -0.2) is 78.4 Å². The number of hydrogen-bond donors (Lipinski definition) is 2. The van der Waals surface area contributed by atoms with Crippen molar-refractivity contribution in [1.29, 1.82) is 0 Å². The monoisotopic (exact) mass is 531 g/mol. The molecular weight excluding hydrogens is 494 g/mol. The minimum absolute atomic E-state index is 0.0489. The van der Waals surface area contributed by atoms with Crippen molar-refractivity contribution in [2.24, 2.45) is 5.92 Å². The van der Waals surface area contributed by atoms with Gasteiger partial charge in [0.25, 0.3) is 0 Å². The number of aliphatic hydroxyl groups excluding tert-OH is 1. The van der Waals surface area contributed by atoms with E-state index in [1.165, 1.54) is 14.2 Å². The molecule has 2 N–H and O–H groups in total. The predicted octanol–water partition coefficient (Wildman–Crippen LogP) is 2.57. The van der Waals surface area contributed by atoms with Crippen molar-refractivity contribution in [2.45, 2.75) is 75.2 Å². The van der Waals surface area contributed by atoms with E-state index in [2.05, 4.69) is 4.90 Å². The Morgan fingerprint density at radius 3 is 2.58 bits per heavy atom. The number of ether oxygens (including phenoxy) is 5. The van der Waals surface area contributed by atoms with Crippen LogP contribution in [0.4, 0.5) is 0 Å². The molecule has 1 spiro atoms. The fourth-order valence-corrected chi connectivity index (χ4v) is 6.44. The molecule has 1 fully saturated rings. The molecule has 0 aromatic heterocycles. The van der Waals surface area contributed by atoms with Crippen molar-refractivity contribution in [3.8, 4) is 11.5 Å². The summed E-state index contributed by atoms with van der Waals surface area (Å²) in [7, 11) is 2.75. The Labute approximate surface area is 222 Å². The number of β-amino-alcohol motifs (C(OH)–C–C–N with tert-alkyl or cyclic N) is 1. The van der Waals surface area contributed by atoms with E-state index < -0.39 is 47.6 Å². The SMILES string of the molecule is COC(=O)C[C@@](O)(CCC(C)C)C(=O)O[C@@H]1C(OC)=C[C@@]23CCCN2C[C@H](O)c2cc4c(cc2[C@H]13)OCO4. The van der Waals surface area contributed by atoms with Crippen LogP contribution >= 0.6 is 0 Å². The second-order valence-corrected chi connectivity index (χ2v) is 11.2. The maximum Gasteiger partial charge on any atom is 0.339 e. The third-order valence-electron chi connectivity index (χ3n) is 8.42. The van der Waals surface area contributed by atoms with Gasteiger partial charge in [-0.05, 0) is 67.5 Å². The molecule has 208 valence electrons. The summed E-state index contributed by atoms with van der Waals surface area (Å²) in [4.78, 5) is 28.1. The first-order valence-electron chi connectivity index (χ1n) is 13.3. The van der Waals surface area contributed by atoms with Crippen LogP contribution in [0.1, 0.15) is 69.1 Å². The van der Waals surface area contributed by atoms with Gasteiger partial charge >= 0.3 is 11.9 Å². The Morgan fingerprint density at radius 2 is 1.92 bits per heavy atom. The molecule has 10 heteroatoms. The highest BCUT2D eigenvalue weighted by Gasteiger charge is 2.60. The molecule has 1 aromatic carbocycles. The molecule has 1 saturated heterocycles. The van der Waals surface area contributed by atoms with E-state index in [0.29, 0.717) is 35.8 Å². The topological polar surface area (TPSA) is 124 Å². The lowest BCUT2D eigenvalue weighted by Gasteiger charge is -2.39. The number of esters is 2. The van der Waals surface area contributed by atoms with Gasteiger partial charge in [0, 0.05) is 6.54 Å². The maximum atomic E-state index is 13.7. The summed E-state index contributed by atoms with van der Waals surface area (Å²) in [6, 6.07) is 3.67. The number of benzene rings is 1. The first-order valence-corrected chi connectivity index (χ1v) is 13.3. The van der Waals surface area contributed by atoms with Crippen LogP contribution in [-0.2, 0) is 23.8 Å². The average Bonchev–Trinajstić information content (AvgIpc) is 3.58. The first-order chi connectivity index (χ1) is 18.1. The van der Waals surface area contributed by atoms with Crippen LogP contribution in [0, 0.1) is 5.92 Å². The molecule has 10 nitrogen and oxygen atoms in total. The predicted molar refractivity (Wildman–Crippen MR) is 134 cm³/mol. The van der Waals surface area contributed by atoms with Gasteiger partial charge in [-0.3, -0.25) is 9.69 Å². The van der Waals surface area contributed by atoms with Crippen molar-refractivity contribution >= 4 is 11.9 Å². The smallest absolute Gasteiger partial charge is 0.339 e. The first kappa shape index (κ1) is 26.8. The Kier molecular flexibility index (Phi) is 7.08. The lowest BCUT2D eigenvalue weighted by molar-refractivity contribution is -0.178. The second-order valence-electron chi connectivity index (χ2n) is 11.2. The van der Waals surface area contributed by atoms with Crippen molar-refractivity contribution in [1.82, 2.24) is 4.90 Å². The Bertz CT molecular complexity index is 1130. The molecule has 0 saturated carbocycles. The van der Waals surface area contributed by atoms with Gasteiger partial charge in [0.05, 0.1) is 38.2 Å². The molecule has 0 radical (unpaired) electrons. The summed E-state index contributed by atoms with van der Waals surface area (Å²) in [6.45, 7) is 5.21. The van der Waals surface area contributed by atoms with E-state index in [1.54, 1.807) is 6.07 Å². The zero-order valence-corrected chi connectivity index (χ0v) is 22.4. The molecule has 1 aromatic rings. The molecule has 5 atom stereocenters. The van der Waals surface area contributed by atoms with Crippen LogP contribution in [0.25, 0.3) is 0 Å². The van der Waals surface area contributed by atoms with Gasteiger partial charge in [0.2, 0.25) is 6.79 Å². The largest absolute Gasteiger partial charge is 0.497 e. The molecule has 4 aliphatic rings. The lowest BCUT2D eigenvalue weighted by Crippen LogP contribution is -2.49. The third kappa shape index (κ3) is 4.42. The van der Waals surface area contributed by atoms with E-state index in [1.807, 2.05) is 26.0 Å². The molecule has 3 aliphatic heterocycles. The molecule has 1 aliphatic carbocycles. The summed E-state index contributed by atoms with van der Waals surface area (Å²) in [5.74, 6) is -0.235. The quantitative estimate of drug-likeness (QED) is 0.484. The van der Waals surface area contributed by atoms with E-state index in [-0.39, 0.29) is 19.1 Å². The zero-order valence-electron chi connectivity index (χ0n) is 22.4. The minimum Gasteiger partial charge on any atom is -0.497 e. The van der Waals surface area contributed by atoms with E-state index >= 15 is 0 Å². The highest BCUT2D eigenvalue weighted by molar-refractivity contribution is 5.86.